The monoisotopic (exact) mass is 226 g/mol. The second-order valence-corrected chi connectivity index (χ2v) is 5.93. The van der Waals surface area contributed by atoms with Gasteiger partial charge in [0.05, 0.1) is 0 Å². The van der Waals surface area contributed by atoms with E-state index in [0.29, 0.717) is 0 Å². The van der Waals surface area contributed by atoms with Gasteiger partial charge in [0, 0.05) is 0 Å². The van der Waals surface area contributed by atoms with Crippen molar-refractivity contribution in [3.63, 3.8) is 0 Å². The largest absolute Gasteiger partial charge is 0.0654 e. The molecule has 0 aliphatic carbocycles. The van der Waals surface area contributed by atoms with Crippen LogP contribution in [0.2, 0.25) is 0 Å². The molecule has 0 aromatic carbocycles. The fourth-order valence-electron chi connectivity index (χ4n) is 2.97. The standard InChI is InChI=1S/C16H34/c1-7-10-15(9-3)11-12-16(13(4)5)14(6)8-2/h13-16H,7-12H2,1-6H3. The summed E-state index contributed by atoms with van der Waals surface area (Å²) in [4.78, 5) is 0. The summed E-state index contributed by atoms with van der Waals surface area (Å²) >= 11 is 0. The maximum atomic E-state index is 2.44. The van der Waals surface area contributed by atoms with E-state index in [9.17, 15) is 0 Å². The summed E-state index contributed by atoms with van der Waals surface area (Å²) in [6.07, 6.45) is 8.41. The molecule has 0 heterocycles. The first-order valence-electron chi connectivity index (χ1n) is 7.56. The highest BCUT2D eigenvalue weighted by molar-refractivity contribution is 4.71. The summed E-state index contributed by atoms with van der Waals surface area (Å²) in [6, 6.07) is 0. The molecule has 16 heavy (non-hydrogen) atoms. The molecule has 0 aliphatic rings. The minimum absolute atomic E-state index is 0.856. The molecule has 0 spiro atoms. The smallest absolute Gasteiger partial charge is 0.0365 e. The first-order chi connectivity index (χ1) is 7.56. The molecule has 3 atom stereocenters. The lowest BCUT2D eigenvalue weighted by molar-refractivity contribution is 0.224. The average Bonchev–Trinajstić information content (AvgIpc) is 2.26. The SMILES string of the molecule is CCCC(CC)CCC(C(C)C)C(C)CC. The predicted octanol–water partition coefficient (Wildman–Crippen LogP) is 5.91. The molecular formula is C16H34. The molecule has 0 aromatic heterocycles. The molecule has 0 saturated heterocycles. The van der Waals surface area contributed by atoms with E-state index in [0.717, 1.165) is 23.7 Å². The van der Waals surface area contributed by atoms with Crippen LogP contribution in [0.5, 0.6) is 0 Å². The molecule has 0 aromatic rings. The number of hydrogen-bond donors (Lipinski definition) is 0. The molecule has 0 nitrogen and oxygen atoms in total. The van der Waals surface area contributed by atoms with Crippen LogP contribution in [0.15, 0.2) is 0 Å². The van der Waals surface area contributed by atoms with E-state index in [1.165, 1.54) is 38.5 Å². The van der Waals surface area contributed by atoms with Crippen LogP contribution >= 0.6 is 0 Å². The highest BCUT2D eigenvalue weighted by atomic mass is 14.3. The normalized spacial score (nSPS) is 17.4. The van der Waals surface area contributed by atoms with Gasteiger partial charge in [-0.15, -0.1) is 0 Å². The van der Waals surface area contributed by atoms with Gasteiger partial charge in [0.1, 0.15) is 0 Å². The van der Waals surface area contributed by atoms with Crippen molar-refractivity contribution in [2.45, 2.75) is 80.1 Å². The minimum atomic E-state index is 0.856. The van der Waals surface area contributed by atoms with Crippen LogP contribution in [0.25, 0.3) is 0 Å². The summed E-state index contributed by atoms with van der Waals surface area (Å²) in [5, 5.41) is 0. The van der Waals surface area contributed by atoms with E-state index < -0.39 is 0 Å². The van der Waals surface area contributed by atoms with E-state index >= 15 is 0 Å². The van der Waals surface area contributed by atoms with Crippen molar-refractivity contribution in [2.24, 2.45) is 23.7 Å². The van der Waals surface area contributed by atoms with Crippen LogP contribution in [-0.4, -0.2) is 0 Å². The highest BCUT2D eigenvalue weighted by Crippen LogP contribution is 2.30. The summed E-state index contributed by atoms with van der Waals surface area (Å²) in [6.45, 7) is 14.2. The van der Waals surface area contributed by atoms with Crippen molar-refractivity contribution >= 4 is 0 Å². The molecule has 0 amide bonds. The summed E-state index contributed by atoms with van der Waals surface area (Å²) < 4.78 is 0. The lowest BCUT2D eigenvalue weighted by Gasteiger charge is -2.28. The molecule has 98 valence electrons. The Labute approximate surface area is 104 Å². The molecular weight excluding hydrogens is 192 g/mol. The third-order valence-electron chi connectivity index (χ3n) is 4.41. The number of rotatable bonds is 9. The molecule has 0 fully saturated rings. The van der Waals surface area contributed by atoms with Crippen molar-refractivity contribution in [3.8, 4) is 0 Å². The molecule has 0 radical (unpaired) electrons. The summed E-state index contributed by atoms with van der Waals surface area (Å²) in [5.74, 6) is 3.68. The van der Waals surface area contributed by atoms with Crippen LogP contribution in [-0.2, 0) is 0 Å². The van der Waals surface area contributed by atoms with Gasteiger partial charge in [0.15, 0.2) is 0 Å². The second kappa shape index (κ2) is 9.07. The van der Waals surface area contributed by atoms with Gasteiger partial charge in [-0.05, 0) is 30.1 Å². The van der Waals surface area contributed by atoms with Gasteiger partial charge >= 0.3 is 0 Å². The maximum Gasteiger partial charge on any atom is -0.0365 e. The maximum absolute atomic E-state index is 2.44. The Morgan fingerprint density at radius 2 is 1.38 bits per heavy atom. The van der Waals surface area contributed by atoms with E-state index in [1.54, 1.807) is 0 Å². The lowest BCUT2D eigenvalue weighted by atomic mass is 9.78. The topological polar surface area (TPSA) is 0 Å². The van der Waals surface area contributed by atoms with Gasteiger partial charge in [0.2, 0.25) is 0 Å². The predicted molar refractivity (Wildman–Crippen MR) is 75.7 cm³/mol. The van der Waals surface area contributed by atoms with E-state index in [2.05, 4.69) is 41.5 Å². The van der Waals surface area contributed by atoms with E-state index in [4.69, 9.17) is 0 Å². The zero-order chi connectivity index (χ0) is 12.6. The molecule has 0 heteroatoms. The van der Waals surface area contributed by atoms with Gasteiger partial charge in [0.25, 0.3) is 0 Å². The van der Waals surface area contributed by atoms with Crippen LogP contribution in [0.1, 0.15) is 80.1 Å². The van der Waals surface area contributed by atoms with Crippen molar-refractivity contribution in [1.29, 1.82) is 0 Å². The average molecular weight is 226 g/mol. The minimum Gasteiger partial charge on any atom is -0.0654 e. The van der Waals surface area contributed by atoms with Crippen LogP contribution in [0.3, 0.4) is 0 Å². The van der Waals surface area contributed by atoms with Gasteiger partial charge in [-0.2, -0.15) is 0 Å². The Bertz CT molecular complexity index is 148. The Hall–Kier alpha value is 0. The first kappa shape index (κ1) is 16.0. The quantitative estimate of drug-likeness (QED) is 0.458. The van der Waals surface area contributed by atoms with Gasteiger partial charge in [-0.3, -0.25) is 0 Å². The van der Waals surface area contributed by atoms with Gasteiger partial charge < -0.3 is 0 Å². The summed E-state index contributed by atoms with van der Waals surface area (Å²) in [5.41, 5.74) is 0. The Morgan fingerprint density at radius 3 is 1.75 bits per heavy atom. The molecule has 3 unspecified atom stereocenters. The number of hydrogen-bond acceptors (Lipinski definition) is 0. The zero-order valence-corrected chi connectivity index (χ0v) is 12.6. The lowest BCUT2D eigenvalue weighted by Crippen LogP contribution is -2.18. The first-order valence-corrected chi connectivity index (χ1v) is 7.56. The molecule has 0 bridgehead atoms. The van der Waals surface area contributed by atoms with E-state index in [1.807, 2.05) is 0 Å². The van der Waals surface area contributed by atoms with Crippen LogP contribution < -0.4 is 0 Å². The molecule has 0 rings (SSSR count). The van der Waals surface area contributed by atoms with Gasteiger partial charge in [-0.25, -0.2) is 0 Å². The van der Waals surface area contributed by atoms with Crippen molar-refractivity contribution in [3.05, 3.63) is 0 Å². The third kappa shape index (κ3) is 5.92. The van der Waals surface area contributed by atoms with Crippen molar-refractivity contribution in [2.75, 3.05) is 0 Å². The third-order valence-corrected chi connectivity index (χ3v) is 4.41. The Morgan fingerprint density at radius 1 is 0.750 bits per heavy atom. The van der Waals surface area contributed by atoms with Crippen LogP contribution in [0.4, 0.5) is 0 Å². The molecule has 0 N–H and O–H groups in total. The van der Waals surface area contributed by atoms with Crippen LogP contribution in [0, 0.1) is 23.7 Å². The molecule has 0 saturated carbocycles. The Kier molecular flexibility index (Phi) is 9.07. The van der Waals surface area contributed by atoms with Gasteiger partial charge in [-0.1, -0.05) is 73.6 Å². The summed E-state index contributed by atoms with van der Waals surface area (Å²) in [7, 11) is 0. The fraction of sp³-hybridized carbons (Fsp3) is 1.00. The highest BCUT2D eigenvalue weighted by Gasteiger charge is 2.20. The van der Waals surface area contributed by atoms with Crippen molar-refractivity contribution in [1.82, 2.24) is 0 Å². The van der Waals surface area contributed by atoms with Crippen molar-refractivity contribution < 1.29 is 0 Å². The molecule has 0 aliphatic heterocycles. The second-order valence-electron chi connectivity index (χ2n) is 5.93. The fourth-order valence-corrected chi connectivity index (χ4v) is 2.97. The zero-order valence-electron chi connectivity index (χ0n) is 12.6. The van der Waals surface area contributed by atoms with E-state index in [-0.39, 0.29) is 0 Å². The Balaban J connectivity index is 4.09.